The highest BCUT2D eigenvalue weighted by atomic mass is 79.9. The molecule has 0 spiro atoms. The SMILES string of the molecule is CNC(=O)[C@@H](C)N(Cc1ccccc1Cl)C(=O)CN(c1ccc(C)cc1)S(=O)(=O)c1ccc(OC)c(Br)c1. The Morgan fingerprint density at radius 1 is 1.08 bits per heavy atom. The lowest BCUT2D eigenvalue weighted by Crippen LogP contribution is -2.50. The molecule has 0 heterocycles. The van der Waals surface area contributed by atoms with Crippen molar-refractivity contribution in [3.8, 4) is 5.75 Å². The summed E-state index contributed by atoms with van der Waals surface area (Å²) in [6.45, 7) is 2.94. The summed E-state index contributed by atoms with van der Waals surface area (Å²) in [5, 5.41) is 2.98. The molecule has 3 aromatic rings. The maximum absolute atomic E-state index is 13.9. The topological polar surface area (TPSA) is 96.0 Å². The number of nitrogens with one attached hydrogen (secondary N) is 1. The molecule has 1 atom stereocenters. The molecule has 0 saturated carbocycles. The van der Waals surface area contributed by atoms with Gasteiger partial charge in [0, 0.05) is 18.6 Å². The van der Waals surface area contributed by atoms with Crippen molar-refractivity contribution in [3.63, 3.8) is 0 Å². The van der Waals surface area contributed by atoms with Gasteiger partial charge in [0.2, 0.25) is 11.8 Å². The Morgan fingerprint density at radius 3 is 2.32 bits per heavy atom. The van der Waals surface area contributed by atoms with Gasteiger partial charge in [0.25, 0.3) is 10.0 Å². The van der Waals surface area contributed by atoms with Crippen molar-refractivity contribution in [1.82, 2.24) is 10.2 Å². The molecule has 38 heavy (non-hydrogen) atoms. The van der Waals surface area contributed by atoms with E-state index < -0.39 is 34.4 Å². The average Bonchev–Trinajstić information content (AvgIpc) is 2.90. The van der Waals surface area contributed by atoms with Crippen LogP contribution in [0.1, 0.15) is 18.1 Å². The number of halogens is 2. The molecular formula is C27H29BrClN3O5S. The van der Waals surface area contributed by atoms with Crippen LogP contribution in [0.25, 0.3) is 0 Å². The van der Waals surface area contributed by atoms with Crippen LogP contribution < -0.4 is 14.4 Å². The molecule has 0 unspecified atom stereocenters. The van der Waals surface area contributed by atoms with E-state index in [1.165, 1.54) is 37.3 Å². The summed E-state index contributed by atoms with van der Waals surface area (Å²) in [5.74, 6) is -0.501. The van der Waals surface area contributed by atoms with Crippen molar-refractivity contribution < 1.29 is 22.7 Å². The van der Waals surface area contributed by atoms with Crippen molar-refractivity contribution in [3.05, 3.63) is 87.4 Å². The second-order valence-electron chi connectivity index (χ2n) is 8.55. The molecule has 0 aliphatic rings. The van der Waals surface area contributed by atoms with Gasteiger partial charge in [-0.05, 0) is 71.7 Å². The van der Waals surface area contributed by atoms with Crippen LogP contribution in [0.15, 0.2) is 76.1 Å². The fraction of sp³-hybridized carbons (Fsp3) is 0.259. The number of amides is 2. The molecule has 3 aromatic carbocycles. The average molecular weight is 623 g/mol. The Balaban J connectivity index is 2.06. The summed E-state index contributed by atoms with van der Waals surface area (Å²) < 4.78 is 34.5. The molecule has 0 aliphatic carbocycles. The van der Waals surface area contributed by atoms with Gasteiger partial charge in [0.05, 0.1) is 22.2 Å². The zero-order valence-electron chi connectivity index (χ0n) is 21.4. The maximum Gasteiger partial charge on any atom is 0.264 e. The summed E-state index contributed by atoms with van der Waals surface area (Å²) in [7, 11) is -1.25. The zero-order chi connectivity index (χ0) is 28.0. The van der Waals surface area contributed by atoms with Gasteiger partial charge in [-0.1, -0.05) is 47.5 Å². The summed E-state index contributed by atoms with van der Waals surface area (Å²) >= 11 is 9.68. The first-order valence-electron chi connectivity index (χ1n) is 11.7. The van der Waals surface area contributed by atoms with Crippen LogP contribution in [0.4, 0.5) is 5.69 Å². The third-order valence-electron chi connectivity index (χ3n) is 6.02. The first-order valence-corrected chi connectivity index (χ1v) is 14.3. The lowest BCUT2D eigenvalue weighted by atomic mass is 10.1. The molecule has 202 valence electrons. The van der Waals surface area contributed by atoms with E-state index in [0.29, 0.717) is 26.5 Å². The Labute approximate surface area is 236 Å². The molecule has 0 bridgehead atoms. The van der Waals surface area contributed by atoms with Crippen LogP contribution in [-0.2, 0) is 26.2 Å². The highest BCUT2D eigenvalue weighted by Crippen LogP contribution is 2.31. The molecule has 0 saturated heterocycles. The number of rotatable bonds is 10. The number of likely N-dealkylation sites (N-methyl/N-ethyl adjacent to an activating group) is 1. The van der Waals surface area contributed by atoms with Crippen LogP contribution >= 0.6 is 27.5 Å². The van der Waals surface area contributed by atoms with Crippen LogP contribution in [-0.4, -0.2) is 51.9 Å². The lowest BCUT2D eigenvalue weighted by Gasteiger charge is -2.32. The van der Waals surface area contributed by atoms with Crippen molar-refractivity contribution in [2.45, 2.75) is 31.3 Å². The van der Waals surface area contributed by atoms with Crippen molar-refractivity contribution in [2.24, 2.45) is 0 Å². The Bertz CT molecular complexity index is 1420. The van der Waals surface area contributed by atoms with Gasteiger partial charge in [0.1, 0.15) is 18.3 Å². The number of nitrogens with zero attached hydrogens (tertiary/aromatic N) is 2. The number of carbonyl (C=O) groups is 2. The minimum Gasteiger partial charge on any atom is -0.496 e. The minimum atomic E-state index is -4.20. The number of anilines is 1. The number of carbonyl (C=O) groups excluding carboxylic acids is 2. The van der Waals surface area contributed by atoms with E-state index in [-0.39, 0.29) is 11.4 Å². The minimum absolute atomic E-state index is 0.0168. The van der Waals surface area contributed by atoms with Crippen LogP contribution in [0, 0.1) is 6.92 Å². The largest absolute Gasteiger partial charge is 0.496 e. The molecule has 8 nitrogen and oxygen atoms in total. The van der Waals surface area contributed by atoms with E-state index in [9.17, 15) is 18.0 Å². The number of sulfonamides is 1. The fourth-order valence-electron chi connectivity index (χ4n) is 3.78. The molecule has 3 rings (SSSR count). The second-order valence-corrected chi connectivity index (χ2v) is 11.7. The Hall–Kier alpha value is -3.08. The smallest absolute Gasteiger partial charge is 0.264 e. The monoisotopic (exact) mass is 621 g/mol. The number of ether oxygens (including phenoxy) is 1. The molecule has 0 aliphatic heterocycles. The van der Waals surface area contributed by atoms with Crippen molar-refractivity contribution in [2.75, 3.05) is 25.0 Å². The normalized spacial score (nSPS) is 11.9. The highest BCUT2D eigenvalue weighted by Gasteiger charge is 2.32. The predicted molar refractivity (Wildman–Crippen MR) is 152 cm³/mol. The van der Waals surface area contributed by atoms with Gasteiger partial charge in [-0.2, -0.15) is 0 Å². The van der Waals surface area contributed by atoms with Crippen molar-refractivity contribution in [1.29, 1.82) is 0 Å². The summed E-state index contributed by atoms with van der Waals surface area (Å²) in [6, 6.07) is 17.3. The first-order chi connectivity index (χ1) is 18.0. The molecule has 0 aromatic heterocycles. The number of benzene rings is 3. The quantitative estimate of drug-likeness (QED) is 0.351. The van der Waals surface area contributed by atoms with E-state index in [1.807, 2.05) is 6.92 Å². The van der Waals surface area contributed by atoms with Crippen molar-refractivity contribution >= 4 is 55.1 Å². The maximum atomic E-state index is 13.9. The predicted octanol–water partition coefficient (Wildman–Crippen LogP) is 4.78. The highest BCUT2D eigenvalue weighted by molar-refractivity contribution is 9.10. The van der Waals surface area contributed by atoms with Crippen LogP contribution in [0.5, 0.6) is 5.75 Å². The molecular weight excluding hydrogens is 594 g/mol. The van der Waals surface area contributed by atoms with Gasteiger partial charge >= 0.3 is 0 Å². The zero-order valence-corrected chi connectivity index (χ0v) is 24.6. The molecule has 11 heteroatoms. The summed E-state index contributed by atoms with van der Waals surface area (Å²) in [6.07, 6.45) is 0. The van der Waals surface area contributed by atoms with Gasteiger partial charge in [-0.25, -0.2) is 8.42 Å². The first kappa shape index (κ1) is 29.5. The van der Waals surface area contributed by atoms with E-state index in [0.717, 1.165) is 9.87 Å². The van der Waals surface area contributed by atoms with Crippen LogP contribution in [0.3, 0.4) is 0 Å². The molecule has 0 fully saturated rings. The number of hydrogen-bond donors (Lipinski definition) is 1. The third-order valence-corrected chi connectivity index (χ3v) is 8.78. The van der Waals surface area contributed by atoms with E-state index in [1.54, 1.807) is 55.5 Å². The number of methoxy groups -OCH3 is 1. The van der Waals surface area contributed by atoms with Gasteiger partial charge < -0.3 is 15.0 Å². The number of hydrogen-bond acceptors (Lipinski definition) is 5. The molecule has 0 radical (unpaired) electrons. The van der Waals surface area contributed by atoms with Crippen LogP contribution in [0.2, 0.25) is 5.02 Å². The molecule has 1 N–H and O–H groups in total. The number of aryl methyl sites for hydroxylation is 1. The van der Waals surface area contributed by atoms with E-state index in [2.05, 4.69) is 21.2 Å². The summed E-state index contributed by atoms with van der Waals surface area (Å²) in [4.78, 5) is 27.6. The fourth-order valence-corrected chi connectivity index (χ4v) is 6.10. The van der Waals surface area contributed by atoms with Gasteiger partial charge in [-0.15, -0.1) is 0 Å². The lowest BCUT2D eigenvalue weighted by molar-refractivity contribution is -0.139. The Morgan fingerprint density at radius 2 is 1.74 bits per heavy atom. The van der Waals surface area contributed by atoms with Gasteiger partial charge in [-0.3, -0.25) is 13.9 Å². The van der Waals surface area contributed by atoms with E-state index >= 15 is 0 Å². The second kappa shape index (κ2) is 12.6. The van der Waals surface area contributed by atoms with Gasteiger partial charge in [0.15, 0.2) is 0 Å². The third kappa shape index (κ3) is 6.67. The Kier molecular flexibility index (Phi) is 9.81. The molecule has 2 amide bonds. The summed E-state index contributed by atoms with van der Waals surface area (Å²) in [5.41, 5.74) is 1.86. The van der Waals surface area contributed by atoms with E-state index in [4.69, 9.17) is 16.3 Å². The standard InChI is InChI=1S/C27H29BrClN3O5S/c1-18-9-11-21(12-10-18)32(38(35,36)22-13-14-25(37-4)23(28)15-22)17-26(33)31(19(2)27(34)30-3)16-20-7-5-6-8-24(20)29/h5-15,19H,16-17H2,1-4H3,(H,30,34)/t19-/m1/s1.